The van der Waals surface area contributed by atoms with Gasteiger partial charge in [0.05, 0.1) is 17.8 Å². The number of hydrogen-bond donors (Lipinski definition) is 0. The highest BCUT2D eigenvalue weighted by Crippen LogP contribution is 2.22. The molecule has 0 saturated heterocycles. The first-order valence-corrected chi connectivity index (χ1v) is 10.1. The molecule has 148 valence electrons. The van der Waals surface area contributed by atoms with Crippen LogP contribution in [0.25, 0.3) is 0 Å². The minimum atomic E-state index is -0.0481. The molecule has 0 radical (unpaired) electrons. The molecule has 0 N–H and O–H groups in total. The Kier molecular flexibility index (Phi) is 8.19. The maximum Gasteiger partial charge on any atom is 0.232 e. The molecule has 1 amide bonds. The minimum absolute atomic E-state index is 0.0481. The highest BCUT2D eigenvalue weighted by Gasteiger charge is 2.16. The first-order chi connectivity index (χ1) is 13.4. The van der Waals surface area contributed by atoms with E-state index in [2.05, 4.69) is 33.6 Å². The number of hydrogen-bond acceptors (Lipinski definition) is 6. The molecule has 2 aromatic heterocycles. The maximum absolute atomic E-state index is 12.5. The van der Waals surface area contributed by atoms with Gasteiger partial charge in [0.2, 0.25) is 11.0 Å². The molecular formula is C21H27N5OS. The zero-order valence-electron chi connectivity index (χ0n) is 16.8. The van der Waals surface area contributed by atoms with Gasteiger partial charge in [-0.25, -0.2) is 0 Å². The highest BCUT2D eigenvalue weighted by molar-refractivity contribution is 7.15. The van der Waals surface area contributed by atoms with Gasteiger partial charge in [-0.2, -0.15) is 10.2 Å². The van der Waals surface area contributed by atoms with Crippen LogP contribution in [0.15, 0.2) is 48.6 Å². The van der Waals surface area contributed by atoms with Crippen LogP contribution in [-0.4, -0.2) is 33.3 Å². The molecule has 2 rings (SSSR count). The Morgan fingerprint density at radius 1 is 1.18 bits per heavy atom. The molecule has 0 spiro atoms. The number of rotatable bonds is 10. The van der Waals surface area contributed by atoms with E-state index in [1.54, 1.807) is 18.0 Å². The second-order valence-electron chi connectivity index (χ2n) is 6.75. The maximum atomic E-state index is 12.5. The Balaban J connectivity index is 1.83. The summed E-state index contributed by atoms with van der Waals surface area (Å²) < 4.78 is 0. The first-order valence-electron chi connectivity index (χ1n) is 9.25. The lowest BCUT2D eigenvalue weighted by atomic mass is 10.1. The van der Waals surface area contributed by atoms with Gasteiger partial charge >= 0.3 is 0 Å². The number of anilines is 1. The average Bonchev–Trinajstić information content (AvgIpc) is 3.14. The predicted molar refractivity (Wildman–Crippen MR) is 114 cm³/mol. The molecule has 2 aromatic rings. The summed E-state index contributed by atoms with van der Waals surface area (Å²) in [6, 6.07) is 4.00. The molecule has 0 aliphatic heterocycles. The lowest BCUT2D eigenvalue weighted by molar-refractivity contribution is -0.117. The lowest BCUT2D eigenvalue weighted by Crippen LogP contribution is -2.26. The summed E-state index contributed by atoms with van der Waals surface area (Å²) in [6.07, 6.45) is 7.55. The number of nitrogens with zero attached hydrogens (tertiary/aromatic N) is 5. The highest BCUT2D eigenvalue weighted by atomic mass is 32.1. The van der Waals surface area contributed by atoms with Crippen molar-refractivity contribution in [3.05, 3.63) is 65.0 Å². The lowest BCUT2D eigenvalue weighted by Gasteiger charge is -2.13. The third kappa shape index (κ3) is 6.81. The molecule has 0 atom stereocenters. The fraction of sp³-hybridized carbons (Fsp3) is 0.381. The molecule has 0 unspecified atom stereocenters. The van der Waals surface area contributed by atoms with Gasteiger partial charge in [0.25, 0.3) is 0 Å². The Morgan fingerprint density at radius 2 is 1.93 bits per heavy atom. The standard InChI is InChI=1S/C21H27N5OS/c1-6-17(13-15(2)3)14-20(27)26(5)21-25-24-19(28-21)10-8-7-9-18-12-11-16(4)22-23-18/h6,11-13H,1-2,7-10,14H2,3-5H3/b17-13+. The number of unbranched alkanes of at least 4 members (excludes halogenated alkanes) is 1. The van der Waals surface area contributed by atoms with Crippen LogP contribution in [0.2, 0.25) is 0 Å². The van der Waals surface area contributed by atoms with Crippen molar-refractivity contribution >= 4 is 22.4 Å². The molecule has 28 heavy (non-hydrogen) atoms. The van der Waals surface area contributed by atoms with Crippen LogP contribution in [0.5, 0.6) is 0 Å². The van der Waals surface area contributed by atoms with Crippen molar-refractivity contribution in [1.29, 1.82) is 0 Å². The number of carbonyl (C=O) groups excluding carboxylic acids is 1. The van der Waals surface area contributed by atoms with E-state index in [1.807, 2.05) is 32.1 Å². The number of carbonyl (C=O) groups is 1. The molecule has 0 aliphatic rings. The molecule has 0 aliphatic carbocycles. The number of amides is 1. The van der Waals surface area contributed by atoms with Gasteiger partial charge in [-0.15, -0.1) is 10.2 Å². The van der Waals surface area contributed by atoms with E-state index in [4.69, 9.17) is 0 Å². The molecule has 6 nitrogen and oxygen atoms in total. The summed E-state index contributed by atoms with van der Waals surface area (Å²) in [5.41, 5.74) is 3.67. The summed E-state index contributed by atoms with van der Waals surface area (Å²) in [7, 11) is 1.73. The molecule has 0 fully saturated rings. The van der Waals surface area contributed by atoms with Gasteiger partial charge in [-0.1, -0.05) is 42.2 Å². The second-order valence-corrected chi connectivity index (χ2v) is 7.79. The third-order valence-electron chi connectivity index (χ3n) is 4.09. The number of aryl methyl sites for hydroxylation is 3. The van der Waals surface area contributed by atoms with E-state index in [9.17, 15) is 4.79 Å². The first kappa shape index (κ1) is 21.6. The summed E-state index contributed by atoms with van der Waals surface area (Å²) in [6.45, 7) is 11.4. The van der Waals surface area contributed by atoms with Crippen molar-refractivity contribution < 1.29 is 4.79 Å². The van der Waals surface area contributed by atoms with Crippen LogP contribution in [0.3, 0.4) is 0 Å². The van der Waals surface area contributed by atoms with Crippen LogP contribution < -0.4 is 4.90 Å². The van der Waals surface area contributed by atoms with Crippen molar-refractivity contribution in [3.63, 3.8) is 0 Å². The van der Waals surface area contributed by atoms with Crippen molar-refractivity contribution in [3.8, 4) is 0 Å². The van der Waals surface area contributed by atoms with Crippen LogP contribution >= 0.6 is 11.3 Å². The van der Waals surface area contributed by atoms with Crippen molar-refractivity contribution in [1.82, 2.24) is 20.4 Å². The topological polar surface area (TPSA) is 71.9 Å². The van der Waals surface area contributed by atoms with Gasteiger partial charge < -0.3 is 0 Å². The summed E-state index contributed by atoms with van der Waals surface area (Å²) >= 11 is 1.46. The van der Waals surface area contributed by atoms with E-state index in [0.29, 0.717) is 5.13 Å². The van der Waals surface area contributed by atoms with Gasteiger partial charge in [0.1, 0.15) is 5.01 Å². The zero-order chi connectivity index (χ0) is 20.5. The smallest absolute Gasteiger partial charge is 0.232 e. The number of allylic oxidation sites excluding steroid dienone is 3. The summed E-state index contributed by atoms with van der Waals surface area (Å²) in [5, 5.41) is 18.2. The van der Waals surface area contributed by atoms with Crippen LogP contribution in [0.4, 0.5) is 5.13 Å². The van der Waals surface area contributed by atoms with Crippen LogP contribution in [0, 0.1) is 6.92 Å². The van der Waals surface area contributed by atoms with Crippen molar-refractivity contribution in [2.24, 2.45) is 0 Å². The van der Waals surface area contributed by atoms with Crippen LogP contribution in [-0.2, 0) is 17.6 Å². The molecule has 7 heteroatoms. The molecule has 0 bridgehead atoms. The Bertz CT molecular complexity index is 854. The van der Waals surface area contributed by atoms with Gasteiger partial charge in [0, 0.05) is 13.5 Å². The Hall–Kier alpha value is -2.67. The quantitative estimate of drug-likeness (QED) is 0.443. The van der Waals surface area contributed by atoms with Crippen molar-refractivity contribution in [2.45, 2.75) is 46.0 Å². The fourth-order valence-electron chi connectivity index (χ4n) is 2.52. The molecule has 0 saturated carbocycles. The van der Waals surface area contributed by atoms with Crippen LogP contribution in [0.1, 0.15) is 42.6 Å². The Labute approximate surface area is 170 Å². The van der Waals surface area contributed by atoms with Crippen molar-refractivity contribution in [2.75, 3.05) is 11.9 Å². The van der Waals surface area contributed by atoms with E-state index in [0.717, 1.165) is 53.2 Å². The normalized spacial score (nSPS) is 11.3. The van der Waals surface area contributed by atoms with E-state index < -0.39 is 0 Å². The number of aromatic nitrogens is 4. The second kappa shape index (κ2) is 10.6. The Morgan fingerprint density at radius 3 is 2.57 bits per heavy atom. The van der Waals surface area contributed by atoms with E-state index >= 15 is 0 Å². The van der Waals surface area contributed by atoms with Gasteiger partial charge in [0.15, 0.2) is 0 Å². The fourth-order valence-corrected chi connectivity index (χ4v) is 3.38. The average molecular weight is 398 g/mol. The minimum Gasteiger partial charge on any atom is -0.290 e. The SMILES string of the molecule is C=C/C(=C\C(=C)C)CC(=O)N(C)c1nnc(CCCCc2ccc(C)nn2)s1. The summed E-state index contributed by atoms with van der Waals surface area (Å²) in [4.78, 5) is 14.0. The van der Waals surface area contributed by atoms with E-state index in [-0.39, 0.29) is 12.3 Å². The zero-order valence-corrected chi connectivity index (χ0v) is 17.6. The van der Waals surface area contributed by atoms with Gasteiger partial charge in [-0.05, 0) is 50.8 Å². The largest absolute Gasteiger partial charge is 0.290 e. The molecular weight excluding hydrogens is 370 g/mol. The molecule has 0 aromatic carbocycles. The summed E-state index contributed by atoms with van der Waals surface area (Å²) in [5.74, 6) is -0.0481. The predicted octanol–water partition coefficient (Wildman–Crippen LogP) is 4.24. The van der Waals surface area contributed by atoms with Gasteiger partial charge in [-0.3, -0.25) is 9.69 Å². The monoisotopic (exact) mass is 397 g/mol. The third-order valence-corrected chi connectivity index (χ3v) is 5.15. The van der Waals surface area contributed by atoms with E-state index in [1.165, 1.54) is 11.3 Å². The molecule has 2 heterocycles.